The first-order chi connectivity index (χ1) is 15.2. The van der Waals surface area contributed by atoms with E-state index in [0.29, 0.717) is 41.6 Å². The number of rotatable bonds is 8. The molecule has 0 bridgehead atoms. The molecule has 0 aliphatic carbocycles. The fourth-order valence-electron chi connectivity index (χ4n) is 2.95. The average Bonchev–Trinajstić information content (AvgIpc) is 3.33. The predicted molar refractivity (Wildman–Crippen MR) is 124 cm³/mol. The molecule has 3 N–H and O–H groups in total. The van der Waals surface area contributed by atoms with Crippen molar-refractivity contribution in [3.8, 4) is 22.0 Å². The zero-order valence-electron chi connectivity index (χ0n) is 18.3. The molecule has 0 atom stereocenters. The Bertz CT molecular complexity index is 1060. The van der Waals surface area contributed by atoms with E-state index in [4.69, 9.17) is 4.74 Å². The fourth-order valence-corrected chi connectivity index (χ4v) is 3.62. The van der Waals surface area contributed by atoms with E-state index in [0.717, 1.165) is 16.9 Å². The number of hydrogen-bond acceptors (Lipinski definition) is 5. The monoisotopic (exact) mass is 458 g/mol. The van der Waals surface area contributed by atoms with E-state index < -0.39 is 11.7 Å². The zero-order chi connectivity index (χ0) is 23.1. The van der Waals surface area contributed by atoms with Crippen molar-refractivity contribution >= 4 is 29.2 Å². The number of amides is 2. The van der Waals surface area contributed by atoms with Gasteiger partial charge in [0.05, 0.1) is 10.6 Å². The van der Waals surface area contributed by atoms with E-state index >= 15 is 0 Å². The van der Waals surface area contributed by atoms with Gasteiger partial charge in [-0.1, -0.05) is 30.3 Å². The van der Waals surface area contributed by atoms with Crippen molar-refractivity contribution in [1.29, 1.82) is 0 Å². The second kappa shape index (κ2) is 10.4. The van der Waals surface area contributed by atoms with Crippen LogP contribution in [0.5, 0.6) is 0 Å². The minimum Gasteiger partial charge on any atom is -0.444 e. The molecule has 0 saturated heterocycles. The molecule has 1 aromatic carbocycles. The summed E-state index contributed by atoms with van der Waals surface area (Å²) < 4.78 is 18.6. The summed E-state index contributed by atoms with van der Waals surface area (Å²) >= 11 is 0.984. The van der Waals surface area contributed by atoms with Crippen molar-refractivity contribution in [3.05, 3.63) is 47.6 Å². The van der Waals surface area contributed by atoms with E-state index in [-0.39, 0.29) is 17.5 Å². The molecule has 9 heteroatoms. The highest BCUT2D eigenvalue weighted by molar-refractivity contribution is 7.13. The van der Waals surface area contributed by atoms with Crippen molar-refractivity contribution in [2.24, 2.45) is 0 Å². The number of ether oxygens (including phenoxy) is 1. The number of alkyl carbamates (subject to hydrolysis) is 1. The molecular weight excluding hydrogens is 431 g/mol. The molecule has 7 nitrogen and oxygen atoms in total. The lowest BCUT2D eigenvalue weighted by Crippen LogP contribution is -2.33. The molecule has 0 aliphatic rings. The van der Waals surface area contributed by atoms with Crippen LogP contribution in [-0.2, 0) is 9.53 Å². The number of benzene rings is 1. The van der Waals surface area contributed by atoms with Crippen molar-refractivity contribution < 1.29 is 18.7 Å². The Morgan fingerprint density at radius 2 is 1.88 bits per heavy atom. The number of thiophene rings is 1. The summed E-state index contributed by atoms with van der Waals surface area (Å²) in [6.45, 7) is 5.83. The molecule has 2 amide bonds. The van der Waals surface area contributed by atoms with Gasteiger partial charge in [0.2, 0.25) is 5.91 Å². The molecule has 0 aliphatic heterocycles. The standard InChI is InChI=1S/C23H27FN4O3S/c1-23(2,3)31-22(30)25-14-8-7-11-18(29)26-21-19(15-9-5-4-6-10-15)27-20(28-21)16-12-13-17(24)32-16/h4-6,9-10,12-13H,7-8,11,14H2,1-3H3,(H,25,30)(H,26,29)(H,27,28). The van der Waals surface area contributed by atoms with Crippen LogP contribution in [0.25, 0.3) is 22.0 Å². The van der Waals surface area contributed by atoms with Gasteiger partial charge in [0.1, 0.15) is 5.60 Å². The summed E-state index contributed by atoms with van der Waals surface area (Å²) in [6.07, 6.45) is 1.04. The first kappa shape index (κ1) is 23.5. The summed E-state index contributed by atoms with van der Waals surface area (Å²) in [6, 6.07) is 12.5. The molecule has 0 saturated carbocycles. The number of aromatic amines is 1. The number of imidazole rings is 1. The second-order valence-electron chi connectivity index (χ2n) is 8.21. The van der Waals surface area contributed by atoms with Crippen molar-refractivity contribution in [2.45, 2.75) is 45.6 Å². The lowest BCUT2D eigenvalue weighted by molar-refractivity contribution is -0.116. The number of halogens is 1. The minimum atomic E-state index is -0.544. The Morgan fingerprint density at radius 1 is 1.12 bits per heavy atom. The Morgan fingerprint density at radius 3 is 2.53 bits per heavy atom. The molecule has 2 heterocycles. The number of carbonyl (C=O) groups excluding carboxylic acids is 2. The number of nitrogens with zero attached hydrogens (tertiary/aromatic N) is 1. The number of hydrogen-bond donors (Lipinski definition) is 3. The highest BCUT2D eigenvalue weighted by atomic mass is 32.1. The number of aromatic nitrogens is 2. The van der Waals surface area contributed by atoms with Crippen LogP contribution in [0.1, 0.15) is 40.0 Å². The van der Waals surface area contributed by atoms with Gasteiger partial charge in [-0.25, -0.2) is 9.78 Å². The van der Waals surface area contributed by atoms with E-state index in [1.165, 1.54) is 6.07 Å². The third kappa shape index (κ3) is 6.91. The quantitative estimate of drug-likeness (QED) is 0.384. The van der Waals surface area contributed by atoms with Crippen LogP contribution in [-0.4, -0.2) is 34.1 Å². The van der Waals surface area contributed by atoms with Gasteiger partial charge >= 0.3 is 6.09 Å². The Hall–Kier alpha value is -3.20. The lowest BCUT2D eigenvalue weighted by Gasteiger charge is -2.19. The van der Waals surface area contributed by atoms with E-state index in [9.17, 15) is 14.0 Å². The first-order valence-electron chi connectivity index (χ1n) is 10.4. The van der Waals surface area contributed by atoms with Gasteiger partial charge in [0, 0.05) is 18.5 Å². The van der Waals surface area contributed by atoms with Gasteiger partial charge in [-0.2, -0.15) is 4.39 Å². The Kier molecular flexibility index (Phi) is 7.63. The molecule has 0 unspecified atom stereocenters. The van der Waals surface area contributed by atoms with Gasteiger partial charge in [0.25, 0.3) is 0 Å². The summed E-state index contributed by atoms with van der Waals surface area (Å²) in [5.74, 6) is 0.710. The second-order valence-corrected chi connectivity index (χ2v) is 9.25. The maximum atomic E-state index is 13.5. The number of carbonyl (C=O) groups is 2. The highest BCUT2D eigenvalue weighted by Gasteiger charge is 2.17. The molecule has 2 aromatic heterocycles. The normalized spacial score (nSPS) is 11.2. The number of unbranched alkanes of at least 4 members (excludes halogenated alkanes) is 1. The Labute approximate surface area is 190 Å². The molecule has 32 heavy (non-hydrogen) atoms. The van der Waals surface area contributed by atoms with Crippen molar-refractivity contribution in [2.75, 3.05) is 11.9 Å². The largest absolute Gasteiger partial charge is 0.444 e. The molecule has 0 spiro atoms. The average molecular weight is 459 g/mol. The molecule has 3 aromatic rings. The Balaban J connectivity index is 1.58. The maximum Gasteiger partial charge on any atom is 0.407 e. The minimum absolute atomic E-state index is 0.185. The van der Waals surface area contributed by atoms with Crippen LogP contribution in [0, 0.1) is 5.13 Å². The zero-order valence-corrected chi connectivity index (χ0v) is 19.1. The van der Waals surface area contributed by atoms with Gasteiger partial charge in [-0.15, -0.1) is 11.3 Å². The SMILES string of the molecule is CC(C)(C)OC(=O)NCCCCC(=O)Nc1nc(-c2ccc(F)s2)[nH]c1-c1ccccc1. The number of H-pyrrole nitrogens is 1. The smallest absolute Gasteiger partial charge is 0.407 e. The topological polar surface area (TPSA) is 96.1 Å². The van der Waals surface area contributed by atoms with Crippen LogP contribution >= 0.6 is 11.3 Å². The summed E-state index contributed by atoms with van der Waals surface area (Å²) in [5.41, 5.74) is 0.979. The maximum absolute atomic E-state index is 13.5. The number of nitrogens with one attached hydrogen (secondary N) is 3. The summed E-state index contributed by atoms with van der Waals surface area (Å²) in [4.78, 5) is 32.5. The van der Waals surface area contributed by atoms with E-state index in [1.54, 1.807) is 26.8 Å². The summed E-state index contributed by atoms with van der Waals surface area (Å²) in [7, 11) is 0. The van der Waals surface area contributed by atoms with Gasteiger partial charge < -0.3 is 20.4 Å². The fraction of sp³-hybridized carbons (Fsp3) is 0.348. The van der Waals surface area contributed by atoms with E-state index in [2.05, 4.69) is 20.6 Å². The van der Waals surface area contributed by atoms with Crippen molar-refractivity contribution in [3.63, 3.8) is 0 Å². The molecular formula is C23H27FN4O3S. The van der Waals surface area contributed by atoms with Crippen molar-refractivity contribution in [1.82, 2.24) is 15.3 Å². The van der Waals surface area contributed by atoms with E-state index in [1.807, 2.05) is 30.3 Å². The van der Waals surface area contributed by atoms with Crippen LogP contribution in [0.4, 0.5) is 15.0 Å². The third-order valence-electron chi connectivity index (χ3n) is 4.33. The van der Waals surface area contributed by atoms with Crippen LogP contribution in [0.2, 0.25) is 0 Å². The lowest BCUT2D eigenvalue weighted by atomic mass is 10.1. The molecule has 0 radical (unpaired) electrons. The van der Waals surface area contributed by atoms with Gasteiger partial charge in [-0.3, -0.25) is 4.79 Å². The van der Waals surface area contributed by atoms with Gasteiger partial charge in [-0.05, 0) is 45.7 Å². The number of anilines is 1. The highest BCUT2D eigenvalue weighted by Crippen LogP contribution is 2.32. The summed E-state index contributed by atoms with van der Waals surface area (Å²) in [5, 5.41) is 5.23. The van der Waals surface area contributed by atoms with Crippen LogP contribution in [0.15, 0.2) is 42.5 Å². The van der Waals surface area contributed by atoms with Crippen LogP contribution in [0.3, 0.4) is 0 Å². The molecule has 0 fully saturated rings. The molecule has 3 rings (SSSR count). The molecule has 170 valence electrons. The predicted octanol–water partition coefficient (Wildman–Crippen LogP) is 5.58. The van der Waals surface area contributed by atoms with Gasteiger partial charge in [0.15, 0.2) is 16.8 Å². The third-order valence-corrected chi connectivity index (χ3v) is 5.21. The van der Waals surface area contributed by atoms with Crippen LogP contribution < -0.4 is 10.6 Å². The first-order valence-corrected chi connectivity index (χ1v) is 11.2.